The van der Waals surface area contributed by atoms with Crippen LogP contribution in [0.25, 0.3) is 0 Å². The van der Waals surface area contributed by atoms with Crippen molar-refractivity contribution in [3.63, 3.8) is 0 Å². The Labute approximate surface area is 139 Å². The number of carbonyl (C=O) groups excluding carboxylic acids is 1. The predicted molar refractivity (Wildman–Crippen MR) is 93.5 cm³/mol. The van der Waals surface area contributed by atoms with Crippen LogP contribution >= 0.6 is 0 Å². The van der Waals surface area contributed by atoms with Crippen molar-refractivity contribution >= 4 is 5.91 Å². The molecule has 0 unspecified atom stereocenters. The lowest BCUT2D eigenvalue weighted by molar-refractivity contribution is -0.127. The average Bonchev–Trinajstić information content (AvgIpc) is 2.54. The maximum atomic E-state index is 12.3. The number of amides is 1. The predicted octanol–water partition coefficient (Wildman–Crippen LogP) is 3.04. The Morgan fingerprint density at radius 2 is 1.87 bits per heavy atom. The number of hydrogen-bond acceptors (Lipinski definition) is 3. The summed E-state index contributed by atoms with van der Waals surface area (Å²) in [6.45, 7) is 5.62. The third-order valence-electron chi connectivity index (χ3n) is 4.40. The standard InChI is InChI=1S/C19H30N2O2/c1-15(2)14-23-17-8-6-16(7-9-17)10-13-21-18(22)19(20)11-4-3-5-12-19/h6-9,15H,3-5,10-14,20H2,1-2H3,(H,21,22). The van der Waals surface area contributed by atoms with E-state index in [1.165, 1.54) is 12.0 Å². The van der Waals surface area contributed by atoms with Crippen LogP contribution in [0.4, 0.5) is 0 Å². The van der Waals surface area contributed by atoms with E-state index in [1.807, 2.05) is 12.1 Å². The average molecular weight is 318 g/mol. The summed E-state index contributed by atoms with van der Waals surface area (Å²) in [5.41, 5.74) is 6.78. The maximum absolute atomic E-state index is 12.3. The van der Waals surface area contributed by atoms with E-state index in [0.717, 1.165) is 44.5 Å². The second-order valence-corrected chi connectivity index (χ2v) is 7.07. The highest BCUT2D eigenvalue weighted by molar-refractivity contribution is 5.86. The van der Waals surface area contributed by atoms with Crippen LogP contribution in [0.1, 0.15) is 51.5 Å². The van der Waals surface area contributed by atoms with Gasteiger partial charge in [0.15, 0.2) is 0 Å². The number of nitrogens with one attached hydrogen (secondary N) is 1. The zero-order chi connectivity index (χ0) is 16.7. The molecule has 1 aliphatic rings. The molecule has 1 aromatic rings. The van der Waals surface area contributed by atoms with Crippen LogP contribution in [-0.4, -0.2) is 24.6 Å². The highest BCUT2D eigenvalue weighted by Gasteiger charge is 2.34. The zero-order valence-corrected chi connectivity index (χ0v) is 14.4. The molecule has 1 saturated carbocycles. The molecule has 1 fully saturated rings. The highest BCUT2D eigenvalue weighted by atomic mass is 16.5. The van der Waals surface area contributed by atoms with Crippen LogP contribution in [0.3, 0.4) is 0 Å². The molecule has 0 saturated heterocycles. The van der Waals surface area contributed by atoms with Gasteiger partial charge in [-0.1, -0.05) is 45.2 Å². The molecule has 2 rings (SSSR count). The van der Waals surface area contributed by atoms with Crippen LogP contribution in [-0.2, 0) is 11.2 Å². The Bertz CT molecular complexity index is 491. The third-order valence-corrected chi connectivity index (χ3v) is 4.40. The zero-order valence-electron chi connectivity index (χ0n) is 14.4. The fourth-order valence-electron chi connectivity index (χ4n) is 2.92. The Balaban J connectivity index is 1.74. The van der Waals surface area contributed by atoms with Gasteiger partial charge in [0, 0.05) is 6.54 Å². The number of hydrogen-bond donors (Lipinski definition) is 2. The van der Waals surface area contributed by atoms with Crippen molar-refractivity contribution < 1.29 is 9.53 Å². The lowest BCUT2D eigenvalue weighted by Crippen LogP contribution is -2.55. The molecule has 4 heteroatoms. The van der Waals surface area contributed by atoms with Crippen LogP contribution in [0.2, 0.25) is 0 Å². The lowest BCUT2D eigenvalue weighted by Gasteiger charge is -2.31. The highest BCUT2D eigenvalue weighted by Crippen LogP contribution is 2.25. The maximum Gasteiger partial charge on any atom is 0.240 e. The summed E-state index contributed by atoms with van der Waals surface area (Å²) < 4.78 is 5.67. The van der Waals surface area contributed by atoms with Crippen molar-refractivity contribution in [1.82, 2.24) is 5.32 Å². The van der Waals surface area contributed by atoms with Gasteiger partial charge in [-0.2, -0.15) is 0 Å². The Kier molecular flexibility index (Phi) is 6.46. The largest absolute Gasteiger partial charge is 0.493 e. The molecule has 0 bridgehead atoms. The van der Waals surface area contributed by atoms with E-state index >= 15 is 0 Å². The first kappa shape index (κ1) is 17.8. The Morgan fingerprint density at radius 1 is 1.22 bits per heavy atom. The first-order chi connectivity index (χ1) is 11.0. The van der Waals surface area contributed by atoms with E-state index < -0.39 is 5.54 Å². The van der Waals surface area contributed by atoms with E-state index in [-0.39, 0.29) is 5.91 Å². The van der Waals surface area contributed by atoms with Gasteiger partial charge in [0.2, 0.25) is 5.91 Å². The van der Waals surface area contributed by atoms with E-state index in [1.54, 1.807) is 0 Å². The SMILES string of the molecule is CC(C)COc1ccc(CCNC(=O)C2(N)CCCCC2)cc1. The van der Waals surface area contributed by atoms with Gasteiger partial charge in [-0.15, -0.1) is 0 Å². The second kappa shape index (κ2) is 8.34. The minimum atomic E-state index is -0.646. The van der Waals surface area contributed by atoms with Crippen molar-refractivity contribution in [2.24, 2.45) is 11.7 Å². The number of carbonyl (C=O) groups is 1. The molecule has 128 valence electrons. The van der Waals surface area contributed by atoms with Crippen molar-refractivity contribution in [3.8, 4) is 5.75 Å². The van der Waals surface area contributed by atoms with Crippen LogP contribution in [0.15, 0.2) is 24.3 Å². The summed E-state index contributed by atoms with van der Waals surface area (Å²) >= 11 is 0. The van der Waals surface area contributed by atoms with Gasteiger partial charge in [-0.3, -0.25) is 4.79 Å². The van der Waals surface area contributed by atoms with E-state index in [0.29, 0.717) is 12.5 Å². The molecule has 0 heterocycles. The summed E-state index contributed by atoms with van der Waals surface area (Å²) in [6.07, 6.45) is 5.73. The van der Waals surface area contributed by atoms with Gasteiger partial charge >= 0.3 is 0 Å². The third kappa shape index (κ3) is 5.54. The first-order valence-electron chi connectivity index (χ1n) is 8.78. The summed E-state index contributed by atoms with van der Waals surface area (Å²) in [5, 5.41) is 3.00. The molecule has 3 N–H and O–H groups in total. The summed E-state index contributed by atoms with van der Waals surface area (Å²) in [4.78, 5) is 12.3. The molecular weight excluding hydrogens is 288 g/mol. The van der Waals surface area contributed by atoms with Crippen LogP contribution < -0.4 is 15.8 Å². The van der Waals surface area contributed by atoms with Crippen LogP contribution in [0.5, 0.6) is 5.75 Å². The molecule has 0 aliphatic heterocycles. The van der Waals surface area contributed by atoms with Crippen molar-refractivity contribution in [1.29, 1.82) is 0 Å². The minimum Gasteiger partial charge on any atom is -0.493 e. The minimum absolute atomic E-state index is 0.00841. The number of rotatable bonds is 7. The van der Waals surface area contributed by atoms with Crippen molar-refractivity contribution in [2.75, 3.05) is 13.2 Å². The van der Waals surface area contributed by atoms with E-state index in [9.17, 15) is 4.79 Å². The van der Waals surface area contributed by atoms with Crippen molar-refractivity contribution in [3.05, 3.63) is 29.8 Å². The van der Waals surface area contributed by atoms with E-state index in [4.69, 9.17) is 10.5 Å². The summed E-state index contributed by atoms with van der Waals surface area (Å²) in [6, 6.07) is 8.09. The molecule has 0 radical (unpaired) electrons. The van der Waals surface area contributed by atoms with Gasteiger partial charge in [0.1, 0.15) is 5.75 Å². The second-order valence-electron chi connectivity index (χ2n) is 7.07. The molecule has 0 spiro atoms. The first-order valence-corrected chi connectivity index (χ1v) is 8.78. The molecule has 4 nitrogen and oxygen atoms in total. The topological polar surface area (TPSA) is 64.3 Å². The molecule has 0 aromatic heterocycles. The Hall–Kier alpha value is -1.55. The number of benzene rings is 1. The summed E-state index contributed by atoms with van der Waals surface area (Å²) in [5.74, 6) is 1.43. The molecule has 0 atom stereocenters. The number of ether oxygens (including phenoxy) is 1. The molecule has 23 heavy (non-hydrogen) atoms. The van der Waals surface area contributed by atoms with Gasteiger partial charge in [-0.25, -0.2) is 0 Å². The number of nitrogens with two attached hydrogens (primary N) is 1. The molecule has 1 amide bonds. The molecular formula is C19H30N2O2. The van der Waals surface area contributed by atoms with E-state index in [2.05, 4.69) is 31.3 Å². The Morgan fingerprint density at radius 3 is 2.48 bits per heavy atom. The normalized spacial score (nSPS) is 17.0. The molecule has 1 aromatic carbocycles. The van der Waals surface area contributed by atoms with Crippen molar-refractivity contribution in [2.45, 2.75) is 57.9 Å². The van der Waals surface area contributed by atoms with Gasteiger partial charge in [-0.05, 0) is 42.9 Å². The monoisotopic (exact) mass is 318 g/mol. The lowest BCUT2D eigenvalue weighted by atomic mass is 9.82. The fraction of sp³-hybridized carbons (Fsp3) is 0.632. The quantitative estimate of drug-likeness (QED) is 0.812. The van der Waals surface area contributed by atoms with Gasteiger partial charge in [0.25, 0.3) is 0 Å². The van der Waals surface area contributed by atoms with Gasteiger partial charge in [0.05, 0.1) is 12.1 Å². The van der Waals surface area contributed by atoms with Crippen LogP contribution in [0, 0.1) is 5.92 Å². The summed E-state index contributed by atoms with van der Waals surface area (Å²) in [7, 11) is 0. The molecule has 1 aliphatic carbocycles. The van der Waals surface area contributed by atoms with Gasteiger partial charge < -0.3 is 15.8 Å². The fourth-order valence-corrected chi connectivity index (χ4v) is 2.92. The smallest absolute Gasteiger partial charge is 0.240 e.